The lowest BCUT2D eigenvalue weighted by Gasteiger charge is -2.44. The molecule has 2 atom stereocenters. The van der Waals surface area contributed by atoms with Crippen LogP contribution < -0.4 is 0 Å². The summed E-state index contributed by atoms with van der Waals surface area (Å²) >= 11 is 0. The average Bonchev–Trinajstić information content (AvgIpc) is 2.69. The smallest absolute Gasteiger partial charge is 0.230 e. The van der Waals surface area contributed by atoms with Crippen molar-refractivity contribution in [1.29, 1.82) is 0 Å². The van der Waals surface area contributed by atoms with Crippen LogP contribution in [0.25, 0.3) is 0 Å². The van der Waals surface area contributed by atoms with Crippen molar-refractivity contribution in [2.75, 3.05) is 0 Å². The molecule has 0 aromatic rings. The van der Waals surface area contributed by atoms with Gasteiger partial charge in [-0.2, -0.15) is 4.90 Å². The van der Waals surface area contributed by atoms with Gasteiger partial charge in [0, 0.05) is 23.0 Å². The second-order valence-corrected chi connectivity index (χ2v) is 7.23. The van der Waals surface area contributed by atoms with Gasteiger partial charge in [0.2, 0.25) is 5.71 Å². The van der Waals surface area contributed by atoms with Crippen LogP contribution in [-0.4, -0.2) is 21.5 Å². The average molecular weight is 314 g/mol. The maximum atomic E-state index is 12.8. The third-order valence-electron chi connectivity index (χ3n) is 6.02. The Kier molecular flexibility index (Phi) is 3.29. The molecule has 5 heteroatoms. The monoisotopic (exact) mass is 314 g/mol. The highest BCUT2D eigenvalue weighted by atomic mass is 16.8. The molecule has 0 amide bonds. The molecule has 5 nitrogen and oxygen atoms in total. The summed E-state index contributed by atoms with van der Waals surface area (Å²) in [5, 5.41) is 33.1. The van der Waals surface area contributed by atoms with E-state index < -0.39 is 10.3 Å². The zero-order chi connectivity index (χ0) is 17.0. The van der Waals surface area contributed by atoms with Gasteiger partial charge in [0.25, 0.3) is 0 Å². The van der Waals surface area contributed by atoms with Crippen LogP contribution in [0.2, 0.25) is 0 Å². The van der Waals surface area contributed by atoms with Gasteiger partial charge in [0.05, 0.1) is 5.57 Å². The quantitative estimate of drug-likeness (QED) is 0.594. The van der Waals surface area contributed by atoms with Crippen molar-refractivity contribution in [1.82, 2.24) is 0 Å². The van der Waals surface area contributed by atoms with Gasteiger partial charge in [-0.15, -0.1) is 0 Å². The van der Waals surface area contributed by atoms with Crippen LogP contribution in [0.4, 0.5) is 0 Å². The molecule has 1 N–H and O–H groups in total. The van der Waals surface area contributed by atoms with Crippen LogP contribution in [0.15, 0.2) is 47.3 Å². The molecule has 0 aliphatic heterocycles. The summed E-state index contributed by atoms with van der Waals surface area (Å²) in [6, 6.07) is 0. The summed E-state index contributed by atoms with van der Waals surface area (Å²) in [4.78, 5) is 12.3. The number of rotatable bonds is 1. The number of aliphatic hydroxyl groups is 1. The van der Waals surface area contributed by atoms with E-state index in [0.717, 1.165) is 12.8 Å². The highest BCUT2D eigenvalue weighted by Gasteiger charge is 2.60. The summed E-state index contributed by atoms with van der Waals surface area (Å²) in [5.74, 6) is -0.197. The Labute approximate surface area is 135 Å². The van der Waals surface area contributed by atoms with Crippen molar-refractivity contribution in [2.24, 2.45) is 16.7 Å². The van der Waals surface area contributed by atoms with E-state index in [0.29, 0.717) is 5.57 Å². The molecule has 1 fully saturated rings. The van der Waals surface area contributed by atoms with Crippen molar-refractivity contribution in [3.8, 4) is 0 Å². The third-order valence-corrected chi connectivity index (χ3v) is 6.02. The fourth-order valence-electron chi connectivity index (χ4n) is 4.06. The molecule has 1 saturated carbocycles. The standard InChI is InChI=1S/C18H20NO4/c1-17(2)13-8-9-18(17,3)16(21)12(15(13)20)10-11-6-4-5-7-14(11)19(22)23/h4-7,10,13H,8-9H2,1-3H3,(H-,20,21,22,23)/q-1/t13-,18+/m1/s1. The van der Waals surface area contributed by atoms with E-state index >= 15 is 0 Å². The SMILES string of the molecule is CC1(C)[C@@H]2CC[C@@]1(C)C(O)=C(C=C1C=CC=CC1=[N+]([O-])[O-])C2=O. The third kappa shape index (κ3) is 1.99. The number of carbonyl (C=O) groups is 1. The number of carbonyl (C=O) groups excluding carboxylic acids is 1. The van der Waals surface area contributed by atoms with Gasteiger partial charge >= 0.3 is 0 Å². The molecule has 0 radical (unpaired) electrons. The first kappa shape index (κ1) is 15.6. The zero-order valence-electron chi connectivity index (χ0n) is 13.5. The Balaban J connectivity index is 2.16. The number of fused-ring (bicyclic) bond motifs is 2. The molecule has 23 heavy (non-hydrogen) atoms. The first-order valence-electron chi connectivity index (χ1n) is 7.76. The predicted octanol–water partition coefficient (Wildman–Crippen LogP) is 3.33. The van der Waals surface area contributed by atoms with Crippen molar-refractivity contribution < 1.29 is 14.8 Å². The van der Waals surface area contributed by atoms with E-state index in [1.165, 1.54) is 12.2 Å². The van der Waals surface area contributed by atoms with Crippen LogP contribution in [0.3, 0.4) is 0 Å². The zero-order valence-corrected chi connectivity index (χ0v) is 13.5. The van der Waals surface area contributed by atoms with Crippen molar-refractivity contribution >= 4 is 11.5 Å². The van der Waals surface area contributed by atoms with Crippen molar-refractivity contribution in [2.45, 2.75) is 33.6 Å². The van der Waals surface area contributed by atoms with Crippen LogP contribution in [0.1, 0.15) is 33.6 Å². The van der Waals surface area contributed by atoms with Crippen LogP contribution >= 0.6 is 0 Å². The maximum absolute atomic E-state index is 12.8. The molecule has 0 unspecified atom stereocenters. The summed E-state index contributed by atoms with van der Waals surface area (Å²) in [5.41, 5.74) is -0.281. The van der Waals surface area contributed by atoms with Crippen LogP contribution in [0.5, 0.6) is 0 Å². The van der Waals surface area contributed by atoms with Gasteiger partial charge in [0.15, 0.2) is 5.78 Å². The lowest BCUT2D eigenvalue weighted by atomic mass is 9.59. The Bertz CT molecular complexity index is 732. The van der Waals surface area contributed by atoms with E-state index in [4.69, 9.17) is 0 Å². The van der Waals surface area contributed by atoms with Gasteiger partial charge in [0.1, 0.15) is 5.76 Å². The highest BCUT2D eigenvalue weighted by molar-refractivity contribution is 6.11. The predicted molar refractivity (Wildman–Crippen MR) is 87.6 cm³/mol. The van der Waals surface area contributed by atoms with Crippen LogP contribution in [-0.2, 0) is 4.79 Å². The number of aliphatic hydroxyl groups excluding tert-OH is 1. The van der Waals surface area contributed by atoms with E-state index in [-0.39, 0.29) is 34.2 Å². The Hall–Kier alpha value is -2.30. The largest absolute Gasteiger partial charge is 0.612 e. The molecule has 122 valence electrons. The van der Waals surface area contributed by atoms with Crippen molar-refractivity contribution in [3.05, 3.63) is 57.7 Å². The minimum atomic E-state index is -0.475. The number of hydrogen-bond donors (Lipinski definition) is 1. The van der Waals surface area contributed by atoms with Gasteiger partial charge in [-0.25, -0.2) is 0 Å². The first-order chi connectivity index (χ1) is 10.7. The Morgan fingerprint density at radius 3 is 2.57 bits per heavy atom. The Morgan fingerprint density at radius 2 is 1.91 bits per heavy atom. The molecule has 0 heterocycles. The number of ketones is 1. The van der Waals surface area contributed by atoms with Gasteiger partial charge in [-0.3, -0.25) is 4.79 Å². The fraction of sp³-hybridized carbons (Fsp3) is 0.444. The molecule has 3 aliphatic rings. The molecule has 0 saturated heterocycles. The molecule has 2 bridgehead atoms. The number of Topliss-reactive ketones (excluding diaryl/α,β-unsaturated/α-hetero) is 1. The molecule has 3 rings (SSSR count). The van der Waals surface area contributed by atoms with Gasteiger partial charge in [-0.1, -0.05) is 32.9 Å². The van der Waals surface area contributed by atoms with E-state index in [2.05, 4.69) is 0 Å². The first-order valence-corrected chi connectivity index (χ1v) is 7.76. The second-order valence-electron chi connectivity index (χ2n) is 7.23. The van der Waals surface area contributed by atoms with Gasteiger partial charge in [-0.05, 0) is 30.4 Å². The second kappa shape index (κ2) is 4.85. The van der Waals surface area contributed by atoms with Crippen LogP contribution in [0, 0.1) is 27.2 Å². The molecule has 3 aliphatic carbocycles. The summed E-state index contributed by atoms with van der Waals surface area (Å²) in [6.07, 6.45) is 9.22. The topological polar surface area (TPSA) is 86.4 Å². The minimum absolute atomic E-state index is 0.0667. The summed E-state index contributed by atoms with van der Waals surface area (Å²) in [7, 11) is 0. The fourth-order valence-corrected chi connectivity index (χ4v) is 4.06. The molecule has 0 aromatic carbocycles. The van der Waals surface area contributed by atoms with Gasteiger partial charge < -0.3 is 15.5 Å². The van der Waals surface area contributed by atoms with E-state index in [1.807, 2.05) is 20.8 Å². The summed E-state index contributed by atoms with van der Waals surface area (Å²) < 4.78 is 0. The molecule has 0 spiro atoms. The number of nitrogens with zero attached hydrogens (tertiary/aromatic N) is 1. The lowest BCUT2D eigenvalue weighted by Crippen LogP contribution is -2.44. The minimum Gasteiger partial charge on any atom is -0.612 e. The Morgan fingerprint density at radius 1 is 1.26 bits per heavy atom. The number of hydrogen-bond acceptors (Lipinski definition) is 4. The normalized spacial score (nSPS) is 33.7. The summed E-state index contributed by atoms with van der Waals surface area (Å²) in [6.45, 7) is 6.00. The van der Waals surface area contributed by atoms with E-state index in [9.17, 15) is 20.3 Å². The maximum Gasteiger partial charge on any atom is 0.230 e. The molecular weight excluding hydrogens is 294 g/mol. The number of allylic oxidation sites excluding steroid dienone is 8. The molecule has 0 aromatic heterocycles. The van der Waals surface area contributed by atoms with Crippen molar-refractivity contribution in [3.63, 3.8) is 0 Å². The lowest BCUT2D eigenvalue weighted by molar-refractivity contribution is -0.377. The van der Waals surface area contributed by atoms with E-state index in [1.54, 1.807) is 18.2 Å². The molecular formula is C18H20NO4-. The highest BCUT2D eigenvalue weighted by Crippen LogP contribution is 2.63.